The van der Waals surface area contributed by atoms with E-state index in [-0.39, 0.29) is 6.10 Å². The fourth-order valence-corrected chi connectivity index (χ4v) is 2.84. The Morgan fingerprint density at radius 2 is 2.35 bits per heavy atom. The maximum absolute atomic E-state index is 10.8. The van der Waals surface area contributed by atoms with Gasteiger partial charge in [-0.15, -0.1) is 11.3 Å². The first-order valence-electron chi connectivity index (χ1n) is 5.74. The molecule has 2 unspecified atom stereocenters. The molecule has 0 aliphatic carbocycles. The third kappa shape index (κ3) is 3.06. The van der Waals surface area contributed by atoms with Gasteiger partial charge in [-0.05, 0) is 26.0 Å². The highest BCUT2D eigenvalue weighted by molar-refractivity contribution is 7.13. The average molecular weight is 255 g/mol. The van der Waals surface area contributed by atoms with Gasteiger partial charge in [0.05, 0.1) is 12.7 Å². The molecule has 2 atom stereocenters. The largest absolute Gasteiger partial charge is 0.477 e. The predicted molar refractivity (Wildman–Crippen MR) is 66.6 cm³/mol. The molecule has 1 aliphatic heterocycles. The van der Waals surface area contributed by atoms with Crippen molar-refractivity contribution in [2.45, 2.75) is 32.5 Å². The molecule has 94 valence electrons. The molecule has 0 bridgehead atoms. The molecule has 1 saturated heterocycles. The lowest BCUT2D eigenvalue weighted by atomic mass is 10.2. The van der Waals surface area contributed by atoms with E-state index in [4.69, 9.17) is 9.84 Å². The fraction of sp³-hybridized carbons (Fsp3) is 0.583. The van der Waals surface area contributed by atoms with E-state index in [9.17, 15) is 4.79 Å². The smallest absolute Gasteiger partial charge is 0.345 e. The molecule has 0 spiro atoms. The zero-order valence-electron chi connectivity index (χ0n) is 10.0. The van der Waals surface area contributed by atoms with Crippen LogP contribution in [0.25, 0.3) is 0 Å². The zero-order chi connectivity index (χ0) is 12.4. The summed E-state index contributed by atoms with van der Waals surface area (Å²) in [5, 5.41) is 8.87. The van der Waals surface area contributed by atoms with E-state index in [0.717, 1.165) is 24.6 Å². The van der Waals surface area contributed by atoms with Crippen molar-refractivity contribution in [3.05, 3.63) is 21.9 Å². The van der Waals surface area contributed by atoms with Gasteiger partial charge in [-0.2, -0.15) is 0 Å². The second-order valence-corrected chi connectivity index (χ2v) is 5.66. The number of carbonyl (C=O) groups is 1. The van der Waals surface area contributed by atoms with Gasteiger partial charge in [0.15, 0.2) is 0 Å². The molecule has 5 heteroatoms. The van der Waals surface area contributed by atoms with Gasteiger partial charge < -0.3 is 9.84 Å². The van der Waals surface area contributed by atoms with Crippen LogP contribution in [0.2, 0.25) is 0 Å². The van der Waals surface area contributed by atoms with Crippen molar-refractivity contribution < 1.29 is 14.6 Å². The number of ether oxygens (including phenoxy) is 1. The number of carboxylic acid groups (broad SMARTS) is 1. The van der Waals surface area contributed by atoms with Gasteiger partial charge in [0.25, 0.3) is 0 Å². The van der Waals surface area contributed by atoms with Gasteiger partial charge in [0, 0.05) is 24.0 Å². The van der Waals surface area contributed by atoms with Gasteiger partial charge >= 0.3 is 5.97 Å². The number of hydrogen-bond acceptors (Lipinski definition) is 4. The SMILES string of the molecule is CC1CN(Cc2ccc(C(=O)O)s2)C(C)CO1. The summed E-state index contributed by atoms with van der Waals surface area (Å²) in [6, 6.07) is 3.97. The van der Waals surface area contributed by atoms with E-state index in [1.807, 2.05) is 6.07 Å². The Morgan fingerprint density at radius 3 is 3.00 bits per heavy atom. The number of nitrogens with zero attached hydrogens (tertiary/aromatic N) is 1. The first-order chi connectivity index (χ1) is 8.06. The van der Waals surface area contributed by atoms with Crippen LogP contribution in [-0.4, -0.2) is 41.3 Å². The maximum atomic E-state index is 10.8. The molecule has 1 fully saturated rings. The third-order valence-corrected chi connectivity index (χ3v) is 4.03. The van der Waals surface area contributed by atoms with Gasteiger partial charge in [-0.3, -0.25) is 4.90 Å². The van der Waals surface area contributed by atoms with Crippen molar-refractivity contribution in [2.24, 2.45) is 0 Å². The number of morpholine rings is 1. The lowest BCUT2D eigenvalue weighted by molar-refractivity contribution is -0.0523. The Balaban J connectivity index is 2.01. The quantitative estimate of drug-likeness (QED) is 0.898. The Bertz CT molecular complexity index is 404. The Morgan fingerprint density at radius 1 is 1.59 bits per heavy atom. The van der Waals surface area contributed by atoms with E-state index in [1.165, 1.54) is 11.3 Å². The number of aromatic carboxylic acids is 1. The van der Waals surface area contributed by atoms with Crippen LogP contribution >= 0.6 is 11.3 Å². The van der Waals surface area contributed by atoms with E-state index in [0.29, 0.717) is 10.9 Å². The topological polar surface area (TPSA) is 49.8 Å². The fourth-order valence-electron chi connectivity index (χ4n) is 1.97. The first-order valence-corrected chi connectivity index (χ1v) is 6.55. The number of thiophene rings is 1. The molecular weight excluding hydrogens is 238 g/mol. The number of rotatable bonds is 3. The molecule has 17 heavy (non-hydrogen) atoms. The first kappa shape index (κ1) is 12.5. The van der Waals surface area contributed by atoms with Crippen LogP contribution in [0.15, 0.2) is 12.1 Å². The number of carboxylic acids is 1. The van der Waals surface area contributed by atoms with Crippen molar-refractivity contribution in [1.82, 2.24) is 4.90 Å². The lowest BCUT2D eigenvalue weighted by Gasteiger charge is -2.36. The monoisotopic (exact) mass is 255 g/mol. The normalized spacial score (nSPS) is 26.0. The van der Waals surface area contributed by atoms with Crippen LogP contribution in [0, 0.1) is 0 Å². The molecule has 2 rings (SSSR count). The standard InChI is InChI=1S/C12H17NO3S/c1-8-7-16-9(2)5-13(8)6-10-3-4-11(17-10)12(14)15/h3-4,8-9H,5-7H2,1-2H3,(H,14,15). The average Bonchev–Trinajstić information content (AvgIpc) is 2.72. The molecule has 4 nitrogen and oxygen atoms in total. The van der Waals surface area contributed by atoms with Crippen LogP contribution in [0.1, 0.15) is 28.4 Å². The minimum atomic E-state index is -0.843. The maximum Gasteiger partial charge on any atom is 0.345 e. The Labute approximate surface area is 105 Å². The minimum absolute atomic E-state index is 0.255. The molecule has 1 aromatic heterocycles. The second-order valence-electron chi connectivity index (χ2n) is 4.49. The minimum Gasteiger partial charge on any atom is -0.477 e. The van der Waals surface area contributed by atoms with Crippen molar-refractivity contribution in [3.63, 3.8) is 0 Å². The van der Waals surface area contributed by atoms with E-state index < -0.39 is 5.97 Å². The molecular formula is C12H17NO3S. The molecule has 0 radical (unpaired) electrons. The summed E-state index contributed by atoms with van der Waals surface area (Å²) in [6.07, 6.45) is 0.255. The molecule has 2 heterocycles. The van der Waals surface area contributed by atoms with Crippen molar-refractivity contribution in [3.8, 4) is 0 Å². The summed E-state index contributed by atoms with van der Waals surface area (Å²) >= 11 is 1.36. The molecule has 0 amide bonds. The van der Waals surface area contributed by atoms with E-state index in [2.05, 4.69) is 18.7 Å². The highest BCUT2D eigenvalue weighted by Gasteiger charge is 2.23. The zero-order valence-corrected chi connectivity index (χ0v) is 10.9. The molecule has 1 aliphatic rings. The summed E-state index contributed by atoms with van der Waals surface area (Å²) in [4.78, 5) is 14.6. The Hall–Kier alpha value is -0.910. The van der Waals surface area contributed by atoms with Crippen LogP contribution in [-0.2, 0) is 11.3 Å². The van der Waals surface area contributed by atoms with Gasteiger partial charge in [0.2, 0.25) is 0 Å². The molecule has 1 aromatic rings. The highest BCUT2D eigenvalue weighted by atomic mass is 32.1. The van der Waals surface area contributed by atoms with E-state index in [1.54, 1.807) is 6.07 Å². The summed E-state index contributed by atoms with van der Waals surface area (Å²) in [5.74, 6) is -0.843. The number of hydrogen-bond donors (Lipinski definition) is 1. The van der Waals surface area contributed by atoms with Crippen molar-refractivity contribution >= 4 is 17.3 Å². The summed E-state index contributed by atoms with van der Waals surface area (Å²) in [7, 11) is 0. The predicted octanol–water partition coefficient (Wildman–Crippen LogP) is 2.06. The van der Waals surface area contributed by atoms with Crippen LogP contribution in [0.5, 0.6) is 0 Å². The lowest BCUT2D eigenvalue weighted by Crippen LogP contribution is -2.46. The van der Waals surface area contributed by atoms with Gasteiger partial charge in [-0.1, -0.05) is 0 Å². The summed E-state index contributed by atoms with van der Waals surface area (Å²) in [6.45, 7) is 6.67. The summed E-state index contributed by atoms with van der Waals surface area (Å²) < 4.78 is 5.57. The second kappa shape index (κ2) is 5.16. The van der Waals surface area contributed by atoms with E-state index >= 15 is 0 Å². The molecule has 1 N–H and O–H groups in total. The van der Waals surface area contributed by atoms with Crippen LogP contribution in [0.4, 0.5) is 0 Å². The molecule has 0 saturated carbocycles. The molecule has 0 aromatic carbocycles. The van der Waals surface area contributed by atoms with Crippen LogP contribution < -0.4 is 0 Å². The van der Waals surface area contributed by atoms with Crippen molar-refractivity contribution in [1.29, 1.82) is 0 Å². The summed E-state index contributed by atoms with van der Waals surface area (Å²) in [5.41, 5.74) is 0. The third-order valence-electron chi connectivity index (χ3n) is 2.97. The van der Waals surface area contributed by atoms with Crippen LogP contribution in [0.3, 0.4) is 0 Å². The highest BCUT2D eigenvalue weighted by Crippen LogP contribution is 2.21. The Kier molecular flexibility index (Phi) is 3.81. The van der Waals surface area contributed by atoms with Gasteiger partial charge in [0.1, 0.15) is 4.88 Å². The van der Waals surface area contributed by atoms with Gasteiger partial charge in [-0.25, -0.2) is 4.79 Å². The van der Waals surface area contributed by atoms with Crippen molar-refractivity contribution in [2.75, 3.05) is 13.2 Å².